The Kier molecular flexibility index (Phi) is 3.25. The molecule has 3 aromatic rings. The van der Waals surface area contributed by atoms with Gasteiger partial charge < -0.3 is 9.84 Å². The van der Waals surface area contributed by atoms with Crippen LogP contribution in [0.15, 0.2) is 60.7 Å². The lowest BCUT2D eigenvalue weighted by Gasteiger charge is -2.08. The Hall–Kier alpha value is -2.55. The highest BCUT2D eigenvalue weighted by atomic mass is 19.1. The van der Waals surface area contributed by atoms with E-state index in [-0.39, 0.29) is 18.2 Å². The van der Waals surface area contributed by atoms with Gasteiger partial charge >= 0.3 is 0 Å². The van der Waals surface area contributed by atoms with Gasteiger partial charge in [-0.3, -0.25) is 0 Å². The van der Waals surface area contributed by atoms with E-state index < -0.39 is 0 Å². The first-order valence-electron chi connectivity index (χ1n) is 6.31. The summed E-state index contributed by atoms with van der Waals surface area (Å²) in [6.45, 7) is 0.178. The molecule has 0 bridgehead atoms. The second kappa shape index (κ2) is 5.21. The lowest BCUT2D eigenvalue weighted by Crippen LogP contribution is -1.98. The number of rotatable bonds is 3. The molecule has 0 fully saturated rings. The van der Waals surface area contributed by atoms with E-state index in [0.717, 1.165) is 10.8 Å². The minimum absolute atomic E-state index is 0.178. The number of phenols is 1. The SMILES string of the molecule is Oc1ccc2ccc(OCc3ccccc3F)cc2c1. The van der Waals surface area contributed by atoms with Crippen LogP contribution in [0.3, 0.4) is 0 Å². The van der Waals surface area contributed by atoms with Crippen molar-refractivity contribution >= 4 is 10.8 Å². The van der Waals surface area contributed by atoms with Gasteiger partial charge in [0.15, 0.2) is 0 Å². The number of fused-ring (bicyclic) bond motifs is 1. The molecule has 2 nitrogen and oxygen atoms in total. The fraction of sp³-hybridized carbons (Fsp3) is 0.0588. The van der Waals surface area contributed by atoms with Crippen molar-refractivity contribution < 1.29 is 14.2 Å². The number of hydrogen-bond acceptors (Lipinski definition) is 2. The molecule has 3 aromatic carbocycles. The molecule has 0 aliphatic carbocycles. The second-order valence-electron chi connectivity index (χ2n) is 4.57. The van der Waals surface area contributed by atoms with Crippen LogP contribution in [0.4, 0.5) is 4.39 Å². The molecule has 0 saturated carbocycles. The van der Waals surface area contributed by atoms with Crippen molar-refractivity contribution in [2.45, 2.75) is 6.61 Å². The molecule has 0 aliphatic rings. The minimum atomic E-state index is -0.272. The van der Waals surface area contributed by atoms with Crippen LogP contribution < -0.4 is 4.74 Å². The maximum atomic E-state index is 13.5. The Morgan fingerprint density at radius 3 is 2.55 bits per heavy atom. The Morgan fingerprint density at radius 1 is 0.900 bits per heavy atom. The molecule has 0 amide bonds. The topological polar surface area (TPSA) is 29.5 Å². The van der Waals surface area contributed by atoms with Crippen molar-refractivity contribution in [2.75, 3.05) is 0 Å². The number of ether oxygens (including phenoxy) is 1. The van der Waals surface area contributed by atoms with Crippen molar-refractivity contribution in [3.8, 4) is 11.5 Å². The monoisotopic (exact) mass is 268 g/mol. The molecular formula is C17H13FO2. The lowest BCUT2D eigenvalue weighted by atomic mass is 10.1. The summed E-state index contributed by atoms with van der Waals surface area (Å²) in [6, 6.07) is 17.3. The van der Waals surface area contributed by atoms with Crippen LogP contribution in [0.1, 0.15) is 5.56 Å². The minimum Gasteiger partial charge on any atom is -0.508 e. The predicted octanol–water partition coefficient (Wildman–Crippen LogP) is 4.26. The summed E-state index contributed by atoms with van der Waals surface area (Å²) >= 11 is 0. The normalized spacial score (nSPS) is 10.7. The van der Waals surface area contributed by atoms with Gasteiger partial charge in [-0.15, -0.1) is 0 Å². The number of hydrogen-bond donors (Lipinski definition) is 1. The van der Waals surface area contributed by atoms with E-state index in [1.807, 2.05) is 24.3 Å². The van der Waals surface area contributed by atoms with Crippen LogP contribution in [0.25, 0.3) is 10.8 Å². The first-order valence-corrected chi connectivity index (χ1v) is 6.31. The third-order valence-electron chi connectivity index (χ3n) is 3.15. The van der Waals surface area contributed by atoms with Crippen LogP contribution in [0.5, 0.6) is 11.5 Å². The van der Waals surface area contributed by atoms with Gasteiger partial charge in [0, 0.05) is 5.56 Å². The average molecular weight is 268 g/mol. The highest BCUT2D eigenvalue weighted by molar-refractivity contribution is 5.85. The molecule has 3 rings (SSSR count). The summed E-state index contributed by atoms with van der Waals surface area (Å²) in [5.74, 6) is 0.584. The molecule has 0 unspecified atom stereocenters. The van der Waals surface area contributed by atoms with Gasteiger partial charge in [0.2, 0.25) is 0 Å². The van der Waals surface area contributed by atoms with E-state index in [9.17, 15) is 9.50 Å². The summed E-state index contributed by atoms with van der Waals surface area (Å²) < 4.78 is 19.1. The number of phenolic OH excluding ortho intramolecular Hbond substituents is 1. The third kappa shape index (κ3) is 2.57. The quantitative estimate of drug-likeness (QED) is 0.769. The zero-order valence-electron chi connectivity index (χ0n) is 10.7. The maximum Gasteiger partial charge on any atom is 0.129 e. The molecule has 0 saturated heterocycles. The molecule has 1 N–H and O–H groups in total. The van der Waals surface area contributed by atoms with E-state index >= 15 is 0 Å². The zero-order chi connectivity index (χ0) is 13.9. The van der Waals surface area contributed by atoms with Gasteiger partial charge in [-0.25, -0.2) is 4.39 Å². The molecule has 0 radical (unpaired) electrons. The van der Waals surface area contributed by atoms with Crippen molar-refractivity contribution in [3.63, 3.8) is 0 Å². The fourth-order valence-electron chi connectivity index (χ4n) is 2.08. The maximum absolute atomic E-state index is 13.5. The summed E-state index contributed by atoms with van der Waals surface area (Å²) in [4.78, 5) is 0. The summed E-state index contributed by atoms with van der Waals surface area (Å²) in [5.41, 5.74) is 0.517. The molecule has 0 atom stereocenters. The second-order valence-corrected chi connectivity index (χ2v) is 4.57. The summed E-state index contributed by atoms with van der Waals surface area (Å²) in [7, 11) is 0. The standard InChI is InChI=1S/C17H13FO2/c18-17-4-2-1-3-13(17)11-20-16-8-6-12-5-7-15(19)9-14(12)10-16/h1-10,19H,11H2. The number of halogens is 1. The van der Waals surface area contributed by atoms with Gasteiger partial charge in [0.25, 0.3) is 0 Å². The van der Waals surface area contributed by atoms with Crippen LogP contribution in [0.2, 0.25) is 0 Å². The average Bonchev–Trinajstić information content (AvgIpc) is 2.46. The summed E-state index contributed by atoms with van der Waals surface area (Å²) in [5, 5.41) is 11.4. The Morgan fingerprint density at radius 2 is 1.70 bits per heavy atom. The molecule has 20 heavy (non-hydrogen) atoms. The Balaban J connectivity index is 1.83. The van der Waals surface area contributed by atoms with E-state index in [4.69, 9.17) is 4.74 Å². The van der Waals surface area contributed by atoms with E-state index in [0.29, 0.717) is 11.3 Å². The van der Waals surface area contributed by atoms with Gasteiger partial charge in [-0.05, 0) is 41.1 Å². The highest BCUT2D eigenvalue weighted by Crippen LogP contribution is 2.25. The highest BCUT2D eigenvalue weighted by Gasteiger charge is 2.03. The van der Waals surface area contributed by atoms with Gasteiger partial charge in [-0.2, -0.15) is 0 Å². The molecule has 0 aliphatic heterocycles. The lowest BCUT2D eigenvalue weighted by molar-refractivity contribution is 0.300. The number of benzene rings is 3. The van der Waals surface area contributed by atoms with E-state index in [2.05, 4.69) is 0 Å². The van der Waals surface area contributed by atoms with Crippen molar-refractivity contribution in [3.05, 3.63) is 72.0 Å². The molecule has 0 spiro atoms. The number of aromatic hydroxyl groups is 1. The largest absolute Gasteiger partial charge is 0.508 e. The van der Waals surface area contributed by atoms with Gasteiger partial charge in [0.05, 0.1) is 0 Å². The Bertz CT molecular complexity index is 753. The van der Waals surface area contributed by atoms with E-state index in [1.165, 1.54) is 6.07 Å². The first-order chi connectivity index (χ1) is 9.72. The zero-order valence-corrected chi connectivity index (χ0v) is 10.7. The molecule has 3 heteroatoms. The van der Waals surface area contributed by atoms with Crippen molar-refractivity contribution in [1.82, 2.24) is 0 Å². The Labute approximate surface area is 116 Å². The molecule has 0 heterocycles. The molecule has 0 aromatic heterocycles. The van der Waals surface area contributed by atoms with Crippen LogP contribution in [0, 0.1) is 5.82 Å². The smallest absolute Gasteiger partial charge is 0.129 e. The molecular weight excluding hydrogens is 255 g/mol. The van der Waals surface area contributed by atoms with Gasteiger partial charge in [0.1, 0.15) is 23.9 Å². The van der Waals surface area contributed by atoms with Crippen LogP contribution in [-0.4, -0.2) is 5.11 Å². The van der Waals surface area contributed by atoms with E-state index in [1.54, 1.807) is 30.3 Å². The van der Waals surface area contributed by atoms with Crippen LogP contribution >= 0.6 is 0 Å². The first kappa shape index (κ1) is 12.5. The third-order valence-corrected chi connectivity index (χ3v) is 3.15. The predicted molar refractivity (Wildman–Crippen MR) is 76.3 cm³/mol. The van der Waals surface area contributed by atoms with Gasteiger partial charge in [-0.1, -0.05) is 30.3 Å². The van der Waals surface area contributed by atoms with Crippen molar-refractivity contribution in [1.29, 1.82) is 0 Å². The van der Waals surface area contributed by atoms with Crippen molar-refractivity contribution in [2.24, 2.45) is 0 Å². The summed E-state index contributed by atoms with van der Waals surface area (Å²) in [6.07, 6.45) is 0. The molecule has 100 valence electrons. The van der Waals surface area contributed by atoms with Crippen LogP contribution in [-0.2, 0) is 6.61 Å². The fourth-order valence-corrected chi connectivity index (χ4v) is 2.08.